The van der Waals surface area contributed by atoms with Crippen molar-refractivity contribution < 1.29 is 9.21 Å². The van der Waals surface area contributed by atoms with Crippen molar-refractivity contribution in [3.63, 3.8) is 0 Å². The van der Waals surface area contributed by atoms with Crippen LogP contribution in [-0.4, -0.2) is 28.7 Å². The predicted octanol–water partition coefficient (Wildman–Crippen LogP) is 3.82. The molecular formula is C12H15Br2NO2. The van der Waals surface area contributed by atoms with Crippen molar-refractivity contribution in [2.24, 2.45) is 0 Å². The van der Waals surface area contributed by atoms with Crippen molar-refractivity contribution >= 4 is 37.8 Å². The van der Waals surface area contributed by atoms with E-state index in [1.165, 1.54) is 0 Å². The van der Waals surface area contributed by atoms with Crippen LogP contribution in [0.1, 0.15) is 36.2 Å². The minimum absolute atomic E-state index is 0.0211. The Morgan fingerprint density at radius 3 is 3.00 bits per heavy atom. The first-order valence-corrected chi connectivity index (χ1v) is 7.76. The van der Waals surface area contributed by atoms with Gasteiger partial charge in [0.1, 0.15) is 0 Å². The summed E-state index contributed by atoms with van der Waals surface area (Å²) in [4.78, 5) is 14.2. The topological polar surface area (TPSA) is 33.5 Å². The highest BCUT2D eigenvalue weighted by Crippen LogP contribution is 2.25. The Labute approximate surface area is 118 Å². The van der Waals surface area contributed by atoms with Crippen molar-refractivity contribution in [2.45, 2.75) is 31.7 Å². The Balaban J connectivity index is 2.03. The van der Waals surface area contributed by atoms with E-state index in [9.17, 15) is 4.79 Å². The number of alkyl halides is 1. The lowest BCUT2D eigenvalue weighted by Crippen LogP contribution is -2.35. The maximum Gasteiger partial charge on any atom is 0.289 e. The molecule has 1 aliphatic heterocycles. The fraction of sp³-hybridized carbons (Fsp3) is 0.583. The van der Waals surface area contributed by atoms with Crippen LogP contribution in [-0.2, 0) is 0 Å². The van der Waals surface area contributed by atoms with Gasteiger partial charge in [0, 0.05) is 17.9 Å². The minimum atomic E-state index is 0.0211. The van der Waals surface area contributed by atoms with Crippen LogP contribution in [0.5, 0.6) is 0 Å². The largest absolute Gasteiger partial charge is 0.444 e. The van der Waals surface area contributed by atoms with E-state index in [1.807, 2.05) is 4.90 Å². The van der Waals surface area contributed by atoms with E-state index in [-0.39, 0.29) is 5.91 Å². The summed E-state index contributed by atoms with van der Waals surface area (Å²) in [5.74, 6) is 0.454. The molecule has 17 heavy (non-hydrogen) atoms. The summed E-state index contributed by atoms with van der Waals surface area (Å²) >= 11 is 6.66. The molecule has 1 saturated heterocycles. The average molecular weight is 365 g/mol. The molecule has 2 rings (SSSR count). The number of amides is 1. The smallest absolute Gasteiger partial charge is 0.289 e. The first-order valence-electron chi connectivity index (χ1n) is 5.84. The highest BCUT2D eigenvalue weighted by atomic mass is 79.9. The summed E-state index contributed by atoms with van der Waals surface area (Å²) in [5, 5.41) is 0.998. The molecule has 1 aliphatic rings. The van der Waals surface area contributed by atoms with Gasteiger partial charge in [0.2, 0.25) is 0 Å². The zero-order valence-corrected chi connectivity index (χ0v) is 12.7. The zero-order chi connectivity index (χ0) is 12.3. The molecular weight excluding hydrogens is 350 g/mol. The normalized spacial score (nSPS) is 19.9. The molecule has 0 bridgehead atoms. The Morgan fingerprint density at radius 2 is 2.35 bits per heavy atom. The molecule has 0 N–H and O–H groups in total. The van der Waals surface area contributed by atoms with Crippen molar-refractivity contribution in [1.29, 1.82) is 0 Å². The van der Waals surface area contributed by atoms with Gasteiger partial charge >= 0.3 is 0 Å². The second-order valence-electron chi connectivity index (χ2n) is 4.23. The number of halogens is 2. The predicted molar refractivity (Wildman–Crippen MR) is 73.5 cm³/mol. The van der Waals surface area contributed by atoms with Crippen LogP contribution in [0.3, 0.4) is 0 Å². The molecule has 0 spiro atoms. The van der Waals surface area contributed by atoms with Gasteiger partial charge in [-0.1, -0.05) is 15.9 Å². The number of hydrogen-bond acceptors (Lipinski definition) is 2. The second kappa shape index (κ2) is 6.05. The third-order valence-corrected chi connectivity index (χ3v) is 4.08. The summed E-state index contributed by atoms with van der Waals surface area (Å²) in [7, 11) is 0. The van der Waals surface area contributed by atoms with Crippen molar-refractivity contribution in [1.82, 2.24) is 4.90 Å². The van der Waals surface area contributed by atoms with Gasteiger partial charge < -0.3 is 9.32 Å². The summed E-state index contributed by atoms with van der Waals surface area (Å²) in [5.41, 5.74) is 0. The Bertz CT molecular complexity index is 392. The average Bonchev–Trinajstić information content (AvgIpc) is 2.94. The maximum absolute atomic E-state index is 12.2. The van der Waals surface area contributed by atoms with E-state index in [1.54, 1.807) is 12.1 Å². The minimum Gasteiger partial charge on any atom is -0.444 e. The van der Waals surface area contributed by atoms with E-state index < -0.39 is 0 Å². The number of carbonyl (C=O) groups is 1. The van der Waals surface area contributed by atoms with Crippen molar-refractivity contribution in [3.8, 4) is 0 Å². The molecule has 5 heteroatoms. The third kappa shape index (κ3) is 3.13. The second-order valence-corrected chi connectivity index (χ2v) is 5.80. The highest BCUT2D eigenvalue weighted by Gasteiger charge is 2.30. The van der Waals surface area contributed by atoms with Gasteiger partial charge in [0.25, 0.3) is 5.91 Å². The van der Waals surface area contributed by atoms with Gasteiger partial charge in [-0.3, -0.25) is 4.79 Å². The maximum atomic E-state index is 12.2. The quantitative estimate of drug-likeness (QED) is 0.761. The molecule has 1 unspecified atom stereocenters. The summed E-state index contributed by atoms with van der Waals surface area (Å²) < 4.78 is 5.94. The van der Waals surface area contributed by atoms with Crippen molar-refractivity contribution in [3.05, 3.63) is 22.6 Å². The molecule has 1 amide bonds. The lowest BCUT2D eigenvalue weighted by Gasteiger charge is -2.23. The van der Waals surface area contributed by atoms with E-state index in [0.717, 1.165) is 37.6 Å². The third-order valence-electron chi connectivity index (χ3n) is 3.09. The Morgan fingerprint density at radius 1 is 1.53 bits per heavy atom. The fourth-order valence-electron chi connectivity index (χ4n) is 2.29. The fourth-order valence-corrected chi connectivity index (χ4v) is 2.92. The number of furan rings is 1. The van der Waals surface area contributed by atoms with Gasteiger partial charge in [-0.2, -0.15) is 0 Å². The van der Waals surface area contributed by atoms with Crippen molar-refractivity contribution in [2.75, 3.05) is 11.9 Å². The summed E-state index contributed by atoms with van der Waals surface area (Å²) in [6.45, 7) is 0.851. The monoisotopic (exact) mass is 363 g/mol. The lowest BCUT2D eigenvalue weighted by atomic mass is 10.1. The van der Waals surface area contributed by atoms with E-state index >= 15 is 0 Å². The van der Waals surface area contributed by atoms with Crippen LogP contribution in [0.2, 0.25) is 0 Å². The zero-order valence-electron chi connectivity index (χ0n) is 9.49. The molecule has 1 fully saturated rings. The van der Waals surface area contributed by atoms with Crippen LogP contribution in [0, 0.1) is 0 Å². The number of rotatable bonds is 4. The molecule has 1 atom stereocenters. The molecule has 3 nitrogen and oxygen atoms in total. The molecule has 0 saturated carbocycles. The van der Waals surface area contributed by atoms with Gasteiger partial charge in [-0.15, -0.1) is 0 Å². The van der Waals surface area contributed by atoms with Crippen LogP contribution < -0.4 is 0 Å². The molecule has 1 aromatic heterocycles. The number of hydrogen-bond donors (Lipinski definition) is 0. The van der Waals surface area contributed by atoms with Crippen LogP contribution in [0.4, 0.5) is 0 Å². The summed E-state index contributed by atoms with van der Waals surface area (Å²) in [6.07, 6.45) is 4.39. The molecule has 2 heterocycles. The SMILES string of the molecule is O=C(c1ccc(Br)o1)N1CCCC1CCCBr. The first kappa shape index (κ1) is 13.1. The standard InChI is InChI=1S/C12H15Br2NO2/c13-7-1-3-9-4-2-8-15(9)12(16)10-5-6-11(14)17-10/h5-6,9H,1-4,7-8H2. The summed E-state index contributed by atoms with van der Waals surface area (Å²) in [6, 6.07) is 3.87. The number of nitrogens with zero attached hydrogens (tertiary/aromatic N) is 1. The van der Waals surface area contributed by atoms with Gasteiger partial charge in [-0.25, -0.2) is 0 Å². The van der Waals surface area contributed by atoms with E-state index in [2.05, 4.69) is 31.9 Å². The molecule has 0 aliphatic carbocycles. The Kier molecular flexibility index (Phi) is 4.68. The van der Waals surface area contributed by atoms with Gasteiger partial charge in [0.15, 0.2) is 10.4 Å². The van der Waals surface area contributed by atoms with Crippen LogP contribution in [0.25, 0.3) is 0 Å². The Hall–Kier alpha value is -0.290. The number of carbonyl (C=O) groups excluding carboxylic acids is 1. The van der Waals surface area contributed by atoms with Crippen LogP contribution >= 0.6 is 31.9 Å². The lowest BCUT2D eigenvalue weighted by molar-refractivity contribution is 0.0696. The van der Waals surface area contributed by atoms with Gasteiger partial charge in [0.05, 0.1) is 0 Å². The molecule has 1 aromatic rings. The van der Waals surface area contributed by atoms with E-state index in [0.29, 0.717) is 16.5 Å². The first-order chi connectivity index (χ1) is 8.22. The molecule has 0 radical (unpaired) electrons. The van der Waals surface area contributed by atoms with Gasteiger partial charge in [-0.05, 0) is 53.7 Å². The number of likely N-dealkylation sites (tertiary alicyclic amines) is 1. The van der Waals surface area contributed by atoms with Crippen LogP contribution in [0.15, 0.2) is 21.2 Å². The highest BCUT2D eigenvalue weighted by molar-refractivity contribution is 9.10. The molecule has 0 aromatic carbocycles. The van der Waals surface area contributed by atoms with E-state index in [4.69, 9.17) is 4.42 Å². The molecule has 94 valence electrons.